The van der Waals surface area contributed by atoms with Crippen molar-refractivity contribution >= 4 is 44.7 Å². The molecule has 22 heavy (non-hydrogen) atoms. The molecule has 0 bridgehead atoms. The number of thiazole rings is 1. The number of benzene rings is 2. The fourth-order valence-corrected chi connectivity index (χ4v) is 3.52. The summed E-state index contributed by atoms with van der Waals surface area (Å²) in [5.74, 6) is 0.727. The number of halogens is 1. The van der Waals surface area contributed by atoms with E-state index < -0.39 is 0 Å². The minimum atomic E-state index is -0.143. The number of rotatable bonds is 2. The number of carbonyl (C=O) groups excluding carboxylic acids is 1. The Balaban J connectivity index is 1.59. The molecular weight excluding hydrogens is 320 g/mol. The maximum atomic E-state index is 12.4. The Morgan fingerprint density at radius 2 is 2.18 bits per heavy atom. The normalized spacial score (nSPS) is 13.0. The summed E-state index contributed by atoms with van der Waals surface area (Å²) in [6.07, 6.45) is 0.847. The van der Waals surface area contributed by atoms with E-state index in [2.05, 4.69) is 10.3 Å². The number of hydrogen-bond acceptors (Lipinski definition) is 4. The van der Waals surface area contributed by atoms with Gasteiger partial charge in [0.05, 0.1) is 16.8 Å². The number of aromatic nitrogens is 1. The van der Waals surface area contributed by atoms with Crippen molar-refractivity contribution in [3.63, 3.8) is 0 Å². The first kappa shape index (κ1) is 13.5. The lowest BCUT2D eigenvalue weighted by Crippen LogP contribution is -2.11. The third-order valence-corrected chi connectivity index (χ3v) is 4.71. The molecular formula is C16H11ClN2O2S. The molecule has 0 fully saturated rings. The van der Waals surface area contributed by atoms with Crippen molar-refractivity contribution in [2.75, 3.05) is 11.9 Å². The zero-order valence-electron chi connectivity index (χ0n) is 11.4. The third-order valence-electron chi connectivity index (χ3n) is 3.57. The van der Waals surface area contributed by atoms with Gasteiger partial charge in [-0.2, -0.15) is 0 Å². The topological polar surface area (TPSA) is 51.2 Å². The third kappa shape index (κ3) is 2.42. The molecule has 0 unspecified atom stereocenters. The van der Waals surface area contributed by atoms with Crippen LogP contribution >= 0.6 is 22.9 Å². The van der Waals surface area contributed by atoms with Crippen LogP contribution in [-0.4, -0.2) is 17.5 Å². The van der Waals surface area contributed by atoms with Gasteiger partial charge in [-0.05, 0) is 42.0 Å². The highest BCUT2D eigenvalue weighted by Gasteiger charge is 2.15. The summed E-state index contributed by atoms with van der Waals surface area (Å²) < 4.78 is 6.95. The van der Waals surface area contributed by atoms with Gasteiger partial charge in [0.15, 0.2) is 4.47 Å². The average Bonchev–Trinajstić information content (AvgIpc) is 3.10. The number of ether oxygens (including phenoxy) is 1. The predicted molar refractivity (Wildman–Crippen MR) is 88.2 cm³/mol. The molecule has 1 aliphatic rings. The maximum absolute atomic E-state index is 12.4. The predicted octanol–water partition coefficient (Wildman–Crippen LogP) is 4.14. The highest BCUT2D eigenvalue weighted by molar-refractivity contribution is 7.22. The molecule has 2 aromatic carbocycles. The highest BCUT2D eigenvalue weighted by atomic mass is 35.5. The SMILES string of the molecule is O=C(Nc1ccc2sc(Cl)nc2c1)c1ccc2c(c1)CCO2. The van der Waals surface area contributed by atoms with Gasteiger partial charge in [0, 0.05) is 17.7 Å². The van der Waals surface area contributed by atoms with Crippen LogP contribution in [0.2, 0.25) is 4.47 Å². The number of anilines is 1. The first-order valence-corrected chi connectivity index (χ1v) is 8.02. The van der Waals surface area contributed by atoms with Crippen LogP contribution < -0.4 is 10.1 Å². The van der Waals surface area contributed by atoms with Gasteiger partial charge < -0.3 is 10.1 Å². The smallest absolute Gasteiger partial charge is 0.255 e. The average molecular weight is 331 g/mol. The molecule has 6 heteroatoms. The van der Waals surface area contributed by atoms with Crippen molar-refractivity contribution in [3.8, 4) is 5.75 Å². The minimum absolute atomic E-state index is 0.143. The summed E-state index contributed by atoms with van der Waals surface area (Å²) in [5.41, 5.74) is 3.20. The summed E-state index contributed by atoms with van der Waals surface area (Å²) in [4.78, 5) is 16.6. The molecule has 1 aromatic heterocycles. The molecule has 4 rings (SSSR count). The quantitative estimate of drug-likeness (QED) is 0.768. The van der Waals surface area contributed by atoms with Crippen molar-refractivity contribution in [1.82, 2.24) is 4.98 Å². The van der Waals surface area contributed by atoms with Gasteiger partial charge in [0.25, 0.3) is 5.91 Å². The number of hydrogen-bond donors (Lipinski definition) is 1. The lowest BCUT2D eigenvalue weighted by molar-refractivity contribution is 0.102. The van der Waals surface area contributed by atoms with Crippen molar-refractivity contribution in [1.29, 1.82) is 0 Å². The zero-order chi connectivity index (χ0) is 15.1. The van der Waals surface area contributed by atoms with Gasteiger partial charge in [0.1, 0.15) is 5.75 Å². The number of fused-ring (bicyclic) bond motifs is 2. The maximum Gasteiger partial charge on any atom is 0.255 e. The molecule has 0 atom stereocenters. The summed E-state index contributed by atoms with van der Waals surface area (Å²) >= 11 is 7.32. The van der Waals surface area contributed by atoms with Crippen LogP contribution in [0, 0.1) is 0 Å². The molecule has 4 nitrogen and oxygen atoms in total. The van der Waals surface area contributed by atoms with Crippen LogP contribution in [0.15, 0.2) is 36.4 Å². The van der Waals surface area contributed by atoms with Crippen molar-refractivity contribution in [2.24, 2.45) is 0 Å². The molecule has 3 aromatic rings. The Morgan fingerprint density at radius 1 is 1.27 bits per heavy atom. The molecule has 2 heterocycles. The largest absolute Gasteiger partial charge is 0.493 e. The molecule has 1 aliphatic heterocycles. The Kier molecular flexibility index (Phi) is 3.24. The second kappa shape index (κ2) is 5.26. The molecule has 0 spiro atoms. The van der Waals surface area contributed by atoms with Gasteiger partial charge in [-0.15, -0.1) is 11.3 Å². The van der Waals surface area contributed by atoms with E-state index in [1.165, 1.54) is 11.3 Å². The summed E-state index contributed by atoms with van der Waals surface area (Å²) in [7, 11) is 0. The Labute approximate surface area is 135 Å². The van der Waals surface area contributed by atoms with Gasteiger partial charge in [0.2, 0.25) is 0 Å². The Hall–Kier alpha value is -2.11. The van der Waals surface area contributed by atoms with E-state index >= 15 is 0 Å². The second-order valence-electron chi connectivity index (χ2n) is 5.02. The van der Waals surface area contributed by atoms with E-state index in [1.807, 2.05) is 30.3 Å². The lowest BCUT2D eigenvalue weighted by Gasteiger charge is -2.06. The summed E-state index contributed by atoms with van der Waals surface area (Å²) in [5, 5.41) is 2.89. The molecule has 1 N–H and O–H groups in total. The number of amides is 1. The Bertz CT molecular complexity index is 891. The number of nitrogens with zero attached hydrogens (tertiary/aromatic N) is 1. The van der Waals surface area contributed by atoms with Gasteiger partial charge in [-0.1, -0.05) is 11.6 Å². The molecule has 1 amide bonds. The van der Waals surface area contributed by atoms with Crippen LogP contribution in [0.1, 0.15) is 15.9 Å². The van der Waals surface area contributed by atoms with Crippen LogP contribution in [0.3, 0.4) is 0 Å². The van der Waals surface area contributed by atoms with E-state index in [0.29, 0.717) is 22.3 Å². The highest BCUT2D eigenvalue weighted by Crippen LogP contribution is 2.29. The van der Waals surface area contributed by atoms with Crippen molar-refractivity contribution in [3.05, 3.63) is 52.0 Å². The Morgan fingerprint density at radius 3 is 3.09 bits per heavy atom. The van der Waals surface area contributed by atoms with Crippen LogP contribution in [0.25, 0.3) is 10.2 Å². The lowest BCUT2D eigenvalue weighted by atomic mass is 10.1. The van der Waals surface area contributed by atoms with E-state index in [0.717, 1.165) is 28.0 Å². The standard InChI is InChI=1S/C16H11ClN2O2S/c17-16-19-12-8-11(2-4-14(12)22-16)18-15(20)10-1-3-13-9(7-10)5-6-21-13/h1-4,7-8H,5-6H2,(H,18,20). The zero-order valence-corrected chi connectivity index (χ0v) is 13.0. The van der Waals surface area contributed by atoms with Crippen LogP contribution in [0.4, 0.5) is 5.69 Å². The fourth-order valence-electron chi connectivity index (χ4n) is 2.51. The first-order valence-electron chi connectivity index (χ1n) is 6.82. The van der Waals surface area contributed by atoms with E-state index in [-0.39, 0.29) is 5.91 Å². The van der Waals surface area contributed by atoms with Crippen LogP contribution in [-0.2, 0) is 6.42 Å². The monoisotopic (exact) mass is 330 g/mol. The molecule has 0 aliphatic carbocycles. The second-order valence-corrected chi connectivity index (χ2v) is 6.64. The van der Waals surface area contributed by atoms with Gasteiger partial charge in [-0.3, -0.25) is 4.79 Å². The van der Waals surface area contributed by atoms with Gasteiger partial charge in [-0.25, -0.2) is 4.98 Å². The molecule has 0 saturated carbocycles. The summed E-state index contributed by atoms with van der Waals surface area (Å²) in [6.45, 7) is 0.682. The minimum Gasteiger partial charge on any atom is -0.493 e. The van der Waals surface area contributed by atoms with E-state index in [1.54, 1.807) is 6.07 Å². The number of carbonyl (C=O) groups is 1. The van der Waals surface area contributed by atoms with Gasteiger partial charge >= 0.3 is 0 Å². The van der Waals surface area contributed by atoms with Crippen molar-refractivity contribution in [2.45, 2.75) is 6.42 Å². The molecule has 0 radical (unpaired) electrons. The summed E-state index contributed by atoms with van der Waals surface area (Å²) in [6, 6.07) is 11.1. The van der Waals surface area contributed by atoms with Crippen molar-refractivity contribution < 1.29 is 9.53 Å². The molecule has 0 saturated heterocycles. The van der Waals surface area contributed by atoms with E-state index in [4.69, 9.17) is 16.3 Å². The van der Waals surface area contributed by atoms with E-state index in [9.17, 15) is 4.79 Å². The molecule has 110 valence electrons. The number of nitrogens with one attached hydrogen (secondary N) is 1. The van der Waals surface area contributed by atoms with Crippen LogP contribution in [0.5, 0.6) is 5.75 Å². The fraction of sp³-hybridized carbons (Fsp3) is 0.125. The first-order chi connectivity index (χ1) is 10.7.